The molecule has 1 heterocycles. The zero-order valence-corrected chi connectivity index (χ0v) is 16.4. The zero-order valence-electron chi connectivity index (χ0n) is 16.4. The summed E-state index contributed by atoms with van der Waals surface area (Å²) in [5, 5.41) is 0. The van der Waals surface area contributed by atoms with Gasteiger partial charge in [-0.05, 0) is 22.8 Å². The third-order valence-corrected chi connectivity index (χ3v) is 5.13. The number of allylic oxidation sites excluding steroid dienone is 2. The molecule has 2 aromatic rings. The molecular weight excluding hydrogens is 352 g/mol. The van der Waals surface area contributed by atoms with Crippen LogP contribution in [0.2, 0.25) is 0 Å². The van der Waals surface area contributed by atoms with Crippen molar-refractivity contribution in [1.29, 1.82) is 0 Å². The molecule has 0 N–H and O–H groups in total. The molecule has 2 aliphatic rings. The maximum atomic E-state index is 12.9. The van der Waals surface area contributed by atoms with Gasteiger partial charge in [0, 0.05) is 11.0 Å². The number of carbonyl (C=O) groups is 1. The van der Waals surface area contributed by atoms with E-state index in [-0.39, 0.29) is 5.41 Å². The Hall–Kier alpha value is -2.69. The minimum Gasteiger partial charge on any atom is -0.465 e. The van der Waals surface area contributed by atoms with Crippen molar-refractivity contribution >= 4 is 17.1 Å². The van der Waals surface area contributed by atoms with Gasteiger partial charge in [-0.3, -0.25) is 0 Å². The highest BCUT2D eigenvalue weighted by molar-refractivity contribution is 6.11. The van der Waals surface area contributed by atoms with Crippen molar-refractivity contribution in [2.45, 2.75) is 19.6 Å². The molecule has 4 heteroatoms. The molecule has 28 heavy (non-hydrogen) atoms. The van der Waals surface area contributed by atoms with Crippen LogP contribution in [0.1, 0.15) is 25.0 Å². The molecule has 1 spiro atoms. The van der Waals surface area contributed by atoms with Crippen LogP contribution in [0.25, 0.3) is 11.1 Å². The van der Waals surface area contributed by atoms with E-state index in [0.29, 0.717) is 18.8 Å². The van der Waals surface area contributed by atoms with Gasteiger partial charge in [-0.25, -0.2) is 4.79 Å². The summed E-state index contributed by atoms with van der Waals surface area (Å²) in [6.45, 7) is 5.11. The van der Waals surface area contributed by atoms with Gasteiger partial charge in [0.25, 0.3) is 0 Å². The highest BCUT2D eigenvalue weighted by Gasteiger charge is 2.54. The third-order valence-electron chi connectivity index (χ3n) is 5.13. The monoisotopic (exact) mass is 376 g/mol. The quantitative estimate of drug-likeness (QED) is 0.741. The number of hydrogen-bond donors (Lipinski definition) is 0. The van der Waals surface area contributed by atoms with Gasteiger partial charge in [0.05, 0.1) is 20.3 Å². The van der Waals surface area contributed by atoms with Crippen molar-refractivity contribution in [3.8, 4) is 0 Å². The first-order valence-corrected chi connectivity index (χ1v) is 9.41. The number of carbonyl (C=O) groups excluding carboxylic acids is 1. The van der Waals surface area contributed by atoms with Crippen LogP contribution in [-0.4, -0.2) is 32.1 Å². The molecule has 0 atom stereocenters. The smallest absolute Gasteiger partial charge is 0.340 e. The summed E-state index contributed by atoms with van der Waals surface area (Å²) in [5.41, 5.74) is 3.73. The largest absolute Gasteiger partial charge is 0.465 e. The van der Waals surface area contributed by atoms with Crippen LogP contribution in [0.5, 0.6) is 0 Å². The molecule has 1 aliphatic carbocycles. The second-order valence-electron chi connectivity index (χ2n) is 7.93. The van der Waals surface area contributed by atoms with Gasteiger partial charge in [0.15, 0.2) is 0 Å². The Kier molecular flexibility index (Phi) is 4.69. The fraction of sp³-hybridized carbons (Fsp3) is 0.292. The van der Waals surface area contributed by atoms with Crippen molar-refractivity contribution in [2.75, 3.05) is 20.3 Å². The van der Waals surface area contributed by atoms with Crippen molar-refractivity contribution in [3.05, 3.63) is 83.4 Å². The number of hydrogen-bond acceptors (Lipinski definition) is 4. The fourth-order valence-electron chi connectivity index (χ4n) is 3.68. The number of methoxy groups -OCH3 is 1. The van der Waals surface area contributed by atoms with Crippen molar-refractivity contribution < 1.29 is 19.0 Å². The summed E-state index contributed by atoms with van der Waals surface area (Å²) >= 11 is 0. The van der Waals surface area contributed by atoms with E-state index in [0.717, 1.165) is 22.3 Å². The summed E-state index contributed by atoms with van der Waals surface area (Å²) in [6.07, 6.45) is 2.00. The van der Waals surface area contributed by atoms with E-state index in [4.69, 9.17) is 14.2 Å². The Morgan fingerprint density at radius 2 is 1.43 bits per heavy atom. The predicted molar refractivity (Wildman–Crippen MR) is 108 cm³/mol. The van der Waals surface area contributed by atoms with Gasteiger partial charge in [0.2, 0.25) is 5.79 Å². The number of benzene rings is 2. The van der Waals surface area contributed by atoms with E-state index in [1.807, 2.05) is 66.7 Å². The van der Waals surface area contributed by atoms with Gasteiger partial charge < -0.3 is 14.2 Å². The molecule has 0 saturated carbocycles. The second-order valence-corrected chi connectivity index (χ2v) is 7.93. The fourth-order valence-corrected chi connectivity index (χ4v) is 3.68. The minimum atomic E-state index is -1.27. The van der Waals surface area contributed by atoms with Gasteiger partial charge in [-0.1, -0.05) is 74.5 Å². The first kappa shape index (κ1) is 18.7. The van der Waals surface area contributed by atoms with Gasteiger partial charge in [-0.15, -0.1) is 0 Å². The molecule has 1 saturated heterocycles. The number of rotatable bonds is 3. The third kappa shape index (κ3) is 3.09. The normalized spacial score (nSPS) is 20.2. The topological polar surface area (TPSA) is 44.8 Å². The summed E-state index contributed by atoms with van der Waals surface area (Å²) in [5.74, 6) is -1.71. The van der Waals surface area contributed by atoms with Crippen LogP contribution in [0.4, 0.5) is 0 Å². The molecule has 0 aromatic heterocycles. The van der Waals surface area contributed by atoms with E-state index in [1.54, 1.807) is 0 Å². The van der Waals surface area contributed by atoms with Crippen LogP contribution < -0.4 is 0 Å². The number of ether oxygens (including phenoxy) is 3. The molecule has 4 nitrogen and oxygen atoms in total. The summed E-state index contributed by atoms with van der Waals surface area (Å²) in [4.78, 5) is 12.9. The molecule has 0 unspecified atom stereocenters. The van der Waals surface area contributed by atoms with E-state index in [1.165, 1.54) is 7.11 Å². The summed E-state index contributed by atoms with van der Waals surface area (Å²) in [7, 11) is 1.39. The molecule has 2 aromatic carbocycles. The SMILES string of the molecule is COC(=O)C1=C(c2ccccc2)C=C(c2ccccc2)C12OCC(C)(C)CO2. The average molecular weight is 376 g/mol. The van der Waals surface area contributed by atoms with E-state index in [2.05, 4.69) is 13.8 Å². The minimum absolute atomic E-state index is 0.135. The lowest BCUT2D eigenvalue weighted by Gasteiger charge is -2.43. The summed E-state index contributed by atoms with van der Waals surface area (Å²) < 4.78 is 17.9. The Bertz CT molecular complexity index is 929. The maximum absolute atomic E-state index is 12.9. The first-order valence-electron chi connectivity index (χ1n) is 9.41. The molecular formula is C24H24O4. The predicted octanol–water partition coefficient (Wildman–Crippen LogP) is 4.48. The highest BCUT2D eigenvalue weighted by atomic mass is 16.7. The first-order chi connectivity index (χ1) is 13.5. The average Bonchev–Trinajstić information content (AvgIpc) is 3.06. The van der Waals surface area contributed by atoms with E-state index < -0.39 is 11.8 Å². The van der Waals surface area contributed by atoms with Crippen molar-refractivity contribution in [2.24, 2.45) is 5.41 Å². The van der Waals surface area contributed by atoms with Gasteiger partial charge in [-0.2, -0.15) is 0 Å². The molecule has 0 bridgehead atoms. The lowest BCUT2D eigenvalue weighted by Crippen LogP contribution is -2.50. The van der Waals surface area contributed by atoms with Crippen molar-refractivity contribution in [1.82, 2.24) is 0 Å². The molecule has 0 radical (unpaired) electrons. The standard InChI is InChI=1S/C24H24O4/c1-23(2)15-27-24(28-16-23)20(18-12-8-5-9-13-18)14-19(21(24)22(25)26-3)17-10-6-4-7-11-17/h4-14H,15-16H2,1-3H3. The Balaban J connectivity index is 1.93. The van der Waals surface area contributed by atoms with Crippen LogP contribution in [0.3, 0.4) is 0 Å². The zero-order chi connectivity index (χ0) is 19.8. The highest BCUT2D eigenvalue weighted by Crippen LogP contribution is 2.51. The van der Waals surface area contributed by atoms with Crippen molar-refractivity contribution in [3.63, 3.8) is 0 Å². The lowest BCUT2D eigenvalue weighted by molar-refractivity contribution is -0.245. The molecule has 1 fully saturated rings. The van der Waals surface area contributed by atoms with Gasteiger partial charge in [0.1, 0.15) is 5.57 Å². The molecule has 144 valence electrons. The Morgan fingerprint density at radius 1 is 0.893 bits per heavy atom. The lowest BCUT2D eigenvalue weighted by atomic mass is 9.90. The van der Waals surface area contributed by atoms with E-state index in [9.17, 15) is 4.79 Å². The van der Waals surface area contributed by atoms with E-state index >= 15 is 0 Å². The maximum Gasteiger partial charge on any atom is 0.340 e. The number of esters is 1. The Morgan fingerprint density at radius 3 is 1.96 bits per heavy atom. The van der Waals surface area contributed by atoms with Gasteiger partial charge >= 0.3 is 5.97 Å². The summed E-state index contributed by atoms with van der Waals surface area (Å²) in [6, 6.07) is 19.7. The van der Waals surface area contributed by atoms with Crippen LogP contribution >= 0.6 is 0 Å². The Labute approximate surface area is 165 Å². The molecule has 0 amide bonds. The van der Waals surface area contributed by atoms with Crippen LogP contribution in [0.15, 0.2) is 72.3 Å². The second kappa shape index (κ2) is 7.04. The molecule has 4 rings (SSSR count). The van der Waals surface area contributed by atoms with Crippen LogP contribution in [-0.2, 0) is 19.0 Å². The van der Waals surface area contributed by atoms with Crippen LogP contribution in [0, 0.1) is 5.41 Å². The molecule has 1 aliphatic heterocycles.